The predicted octanol–water partition coefficient (Wildman–Crippen LogP) is 2.92. The molecule has 0 N–H and O–H groups in total. The highest BCUT2D eigenvalue weighted by atomic mass is 127. The van der Waals surface area contributed by atoms with E-state index in [0.29, 0.717) is 4.17 Å². The minimum Gasteiger partial charge on any atom is -0.273 e. The van der Waals surface area contributed by atoms with Gasteiger partial charge in [0, 0.05) is 24.2 Å². The minimum absolute atomic E-state index is 0.284. The van der Waals surface area contributed by atoms with E-state index in [1.54, 1.807) is 0 Å². The monoisotopic (exact) mass is 310 g/mol. The number of nitrogens with zero attached hydrogens (tertiary/aromatic N) is 2. The Morgan fingerprint density at radius 2 is 1.14 bits per heavy atom. The zero-order valence-electron chi connectivity index (χ0n) is 10.3. The van der Waals surface area contributed by atoms with Crippen LogP contribution in [-0.2, 0) is 0 Å². The second-order valence-corrected chi connectivity index (χ2v) is 7.15. The molecule has 0 aromatic heterocycles. The van der Waals surface area contributed by atoms with E-state index in [1.165, 1.54) is 13.1 Å². The fraction of sp³-hybridized carbons (Fsp3) is 1.00. The third kappa shape index (κ3) is 2.61. The molecule has 3 heteroatoms. The van der Waals surface area contributed by atoms with Gasteiger partial charge >= 0.3 is 0 Å². The van der Waals surface area contributed by atoms with Gasteiger partial charge in [-0.25, -0.2) is 0 Å². The lowest BCUT2D eigenvalue weighted by molar-refractivity contribution is 0.0831. The van der Waals surface area contributed by atoms with Gasteiger partial charge in [0.05, 0.1) is 0 Å². The van der Waals surface area contributed by atoms with E-state index in [1.807, 2.05) is 0 Å². The first-order valence-electron chi connectivity index (χ1n) is 5.31. The van der Waals surface area contributed by atoms with Crippen LogP contribution in [-0.4, -0.2) is 38.1 Å². The highest BCUT2D eigenvalue weighted by Crippen LogP contribution is 2.32. The van der Waals surface area contributed by atoms with Crippen LogP contribution in [0, 0.1) is 0 Å². The van der Waals surface area contributed by atoms with Gasteiger partial charge < -0.3 is 0 Å². The smallest absolute Gasteiger partial charge is 0.117 e. The van der Waals surface area contributed by atoms with E-state index in [2.05, 4.69) is 73.9 Å². The van der Waals surface area contributed by atoms with Crippen LogP contribution in [0.1, 0.15) is 41.5 Å². The minimum atomic E-state index is 0.284. The first kappa shape index (κ1) is 12.7. The lowest BCUT2D eigenvalue weighted by Crippen LogP contribution is -2.49. The van der Waals surface area contributed by atoms with Crippen LogP contribution >= 0.6 is 22.6 Å². The van der Waals surface area contributed by atoms with Crippen molar-refractivity contribution < 1.29 is 0 Å². The molecule has 1 aliphatic heterocycles. The second kappa shape index (κ2) is 3.91. The predicted molar refractivity (Wildman–Crippen MR) is 70.7 cm³/mol. The largest absolute Gasteiger partial charge is 0.273 e. The summed E-state index contributed by atoms with van der Waals surface area (Å²) < 4.78 is 0.535. The van der Waals surface area contributed by atoms with Crippen molar-refractivity contribution in [3.8, 4) is 0 Å². The number of alkyl halides is 1. The average Bonchev–Trinajstić information content (AvgIpc) is 2.26. The lowest BCUT2D eigenvalue weighted by Gasteiger charge is -2.40. The summed E-state index contributed by atoms with van der Waals surface area (Å²) in [6.45, 7) is 16.2. The van der Waals surface area contributed by atoms with E-state index in [4.69, 9.17) is 0 Å². The lowest BCUT2D eigenvalue weighted by atomic mass is 10.1. The Balaban J connectivity index is 2.75. The molecule has 0 bridgehead atoms. The standard InChI is InChI=1S/C11H23IN2/c1-10(2,3)13-7-8-14(9(13)12)11(4,5)6/h9H,7-8H2,1-6H3. The molecule has 0 aromatic rings. The molecule has 1 rings (SSSR count). The van der Waals surface area contributed by atoms with Crippen LogP contribution in [0.25, 0.3) is 0 Å². The van der Waals surface area contributed by atoms with E-state index >= 15 is 0 Å². The average molecular weight is 310 g/mol. The summed E-state index contributed by atoms with van der Waals surface area (Å²) in [5.41, 5.74) is 0.567. The van der Waals surface area contributed by atoms with E-state index in [0.717, 1.165) is 0 Å². The highest BCUT2D eigenvalue weighted by Gasteiger charge is 2.40. The van der Waals surface area contributed by atoms with Crippen molar-refractivity contribution in [1.82, 2.24) is 9.80 Å². The molecule has 0 saturated carbocycles. The summed E-state index contributed by atoms with van der Waals surface area (Å²) in [6.07, 6.45) is 0. The number of hydrogen-bond donors (Lipinski definition) is 0. The van der Waals surface area contributed by atoms with Gasteiger partial charge in [-0.2, -0.15) is 0 Å². The number of rotatable bonds is 0. The number of halogens is 1. The van der Waals surface area contributed by atoms with Gasteiger partial charge in [-0.05, 0) is 64.1 Å². The Kier molecular flexibility index (Phi) is 3.55. The van der Waals surface area contributed by atoms with E-state index in [-0.39, 0.29) is 11.1 Å². The van der Waals surface area contributed by atoms with E-state index in [9.17, 15) is 0 Å². The summed E-state index contributed by atoms with van der Waals surface area (Å²) in [5, 5.41) is 0. The molecule has 2 nitrogen and oxygen atoms in total. The Morgan fingerprint density at radius 1 is 0.857 bits per heavy atom. The summed E-state index contributed by atoms with van der Waals surface area (Å²) >= 11 is 2.56. The molecule has 0 radical (unpaired) electrons. The van der Waals surface area contributed by atoms with Crippen LogP contribution < -0.4 is 0 Å². The Labute approximate surface area is 102 Å². The first-order valence-corrected chi connectivity index (χ1v) is 6.56. The van der Waals surface area contributed by atoms with Gasteiger partial charge in [-0.3, -0.25) is 9.80 Å². The molecule has 1 heterocycles. The molecule has 1 aliphatic rings. The van der Waals surface area contributed by atoms with Crippen LogP contribution in [0.4, 0.5) is 0 Å². The zero-order chi connectivity index (χ0) is 11.1. The molecule has 14 heavy (non-hydrogen) atoms. The third-order valence-corrected chi connectivity index (χ3v) is 4.16. The molecule has 1 fully saturated rings. The topological polar surface area (TPSA) is 6.48 Å². The molecule has 0 amide bonds. The van der Waals surface area contributed by atoms with Crippen molar-refractivity contribution in [3.63, 3.8) is 0 Å². The quantitative estimate of drug-likeness (QED) is 0.386. The summed E-state index contributed by atoms with van der Waals surface area (Å²) in [5.74, 6) is 0. The molecular weight excluding hydrogens is 287 g/mol. The van der Waals surface area contributed by atoms with Crippen molar-refractivity contribution in [3.05, 3.63) is 0 Å². The Hall–Kier alpha value is 0.650. The van der Waals surface area contributed by atoms with Gasteiger partial charge in [0.1, 0.15) is 4.17 Å². The maximum atomic E-state index is 2.57. The normalized spacial score (nSPS) is 23.4. The van der Waals surface area contributed by atoms with Crippen LogP contribution in [0.5, 0.6) is 0 Å². The van der Waals surface area contributed by atoms with Crippen molar-refractivity contribution >= 4 is 22.6 Å². The maximum Gasteiger partial charge on any atom is 0.117 e. The van der Waals surface area contributed by atoms with E-state index < -0.39 is 0 Å². The van der Waals surface area contributed by atoms with Gasteiger partial charge in [-0.1, -0.05) is 0 Å². The fourth-order valence-corrected chi connectivity index (χ4v) is 4.14. The first-order chi connectivity index (χ1) is 6.14. The van der Waals surface area contributed by atoms with Gasteiger partial charge in [0.25, 0.3) is 0 Å². The van der Waals surface area contributed by atoms with Gasteiger partial charge in [0.15, 0.2) is 0 Å². The SMILES string of the molecule is CC(C)(C)N1CCN(C(C)(C)C)C1I. The van der Waals surface area contributed by atoms with Crippen molar-refractivity contribution in [1.29, 1.82) is 0 Å². The van der Waals surface area contributed by atoms with Crippen LogP contribution in [0.2, 0.25) is 0 Å². The molecule has 0 aliphatic carbocycles. The van der Waals surface area contributed by atoms with Gasteiger partial charge in [-0.15, -0.1) is 0 Å². The molecule has 0 atom stereocenters. The Bertz CT molecular complexity index is 180. The molecular formula is C11H23IN2. The third-order valence-electron chi connectivity index (χ3n) is 2.82. The molecule has 84 valence electrons. The van der Waals surface area contributed by atoms with Crippen LogP contribution in [0.15, 0.2) is 0 Å². The zero-order valence-corrected chi connectivity index (χ0v) is 12.4. The summed E-state index contributed by atoms with van der Waals surface area (Å²) in [6, 6.07) is 0. The van der Waals surface area contributed by atoms with Crippen molar-refractivity contribution in [2.45, 2.75) is 56.8 Å². The van der Waals surface area contributed by atoms with Gasteiger partial charge in [0.2, 0.25) is 0 Å². The highest BCUT2D eigenvalue weighted by molar-refractivity contribution is 14.1. The summed E-state index contributed by atoms with van der Waals surface area (Å²) in [4.78, 5) is 5.14. The Morgan fingerprint density at radius 3 is 1.29 bits per heavy atom. The number of hydrogen-bond acceptors (Lipinski definition) is 2. The molecule has 0 aromatic carbocycles. The summed E-state index contributed by atoms with van der Waals surface area (Å²) in [7, 11) is 0. The molecule has 0 unspecified atom stereocenters. The van der Waals surface area contributed by atoms with Crippen molar-refractivity contribution in [2.75, 3.05) is 13.1 Å². The van der Waals surface area contributed by atoms with Crippen molar-refractivity contribution in [2.24, 2.45) is 0 Å². The second-order valence-electron chi connectivity index (χ2n) is 6.04. The molecule has 1 saturated heterocycles. The van der Waals surface area contributed by atoms with Crippen LogP contribution in [0.3, 0.4) is 0 Å². The maximum absolute atomic E-state index is 2.57. The molecule has 0 spiro atoms. The fourth-order valence-electron chi connectivity index (χ4n) is 1.91.